The van der Waals surface area contributed by atoms with E-state index in [1.165, 1.54) is 0 Å². The lowest BCUT2D eigenvalue weighted by molar-refractivity contribution is 0.485. The summed E-state index contributed by atoms with van der Waals surface area (Å²) in [4.78, 5) is 0.308. The maximum absolute atomic E-state index is 12.2. The first kappa shape index (κ1) is 16.0. The maximum Gasteiger partial charge on any atom is 0.240 e. The Bertz CT molecular complexity index is 481. The third-order valence-corrected chi connectivity index (χ3v) is 4.59. The molecule has 4 nitrogen and oxygen atoms in total. The van der Waals surface area contributed by atoms with Crippen molar-refractivity contribution in [2.45, 2.75) is 44.6 Å². The predicted octanol–water partition coefficient (Wildman–Crippen LogP) is 2.83. The molecular formula is C14H24N2O2S. The largest absolute Gasteiger partial charge is 0.388 e. The molecule has 0 amide bonds. The molecule has 1 rings (SSSR count). The molecule has 1 atom stereocenters. The van der Waals surface area contributed by atoms with Crippen LogP contribution >= 0.6 is 0 Å². The summed E-state index contributed by atoms with van der Waals surface area (Å²) < 4.78 is 27.0. The second-order valence-electron chi connectivity index (χ2n) is 5.27. The van der Waals surface area contributed by atoms with Gasteiger partial charge >= 0.3 is 0 Å². The van der Waals surface area contributed by atoms with E-state index < -0.39 is 10.0 Å². The number of benzene rings is 1. The van der Waals surface area contributed by atoms with E-state index in [2.05, 4.69) is 23.9 Å². The quantitative estimate of drug-likeness (QED) is 0.809. The van der Waals surface area contributed by atoms with Gasteiger partial charge in [0, 0.05) is 18.8 Å². The Morgan fingerprint density at radius 1 is 1.05 bits per heavy atom. The van der Waals surface area contributed by atoms with Crippen molar-refractivity contribution in [1.82, 2.24) is 4.72 Å². The van der Waals surface area contributed by atoms with Gasteiger partial charge in [0.1, 0.15) is 0 Å². The molecule has 19 heavy (non-hydrogen) atoms. The second-order valence-corrected chi connectivity index (χ2v) is 6.98. The molecule has 0 spiro atoms. The van der Waals surface area contributed by atoms with Crippen molar-refractivity contribution in [3.05, 3.63) is 24.3 Å². The number of anilines is 1. The molecule has 5 heteroatoms. The predicted molar refractivity (Wildman–Crippen MR) is 79.8 cm³/mol. The molecule has 0 heterocycles. The Balaban J connectivity index is 2.69. The molecule has 2 N–H and O–H groups in total. The van der Waals surface area contributed by atoms with Crippen LogP contribution < -0.4 is 10.0 Å². The fraction of sp³-hybridized carbons (Fsp3) is 0.571. The number of hydrogen-bond acceptors (Lipinski definition) is 3. The smallest absolute Gasteiger partial charge is 0.240 e. The van der Waals surface area contributed by atoms with Gasteiger partial charge in [0.25, 0.3) is 0 Å². The number of hydrogen-bond donors (Lipinski definition) is 2. The molecule has 0 aliphatic rings. The van der Waals surface area contributed by atoms with E-state index in [1.807, 2.05) is 6.92 Å². The van der Waals surface area contributed by atoms with Crippen molar-refractivity contribution >= 4 is 15.7 Å². The Morgan fingerprint density at radius 2 is 1.63 bits per heavy atom. The minimum Gasteiger partial charge on any atom is -0.388 e. The molecule has 0 saturated carbocycles. The molecule has 0 fully saturated rings. The first-order valence-corrected chi connectivity index (χ1v) is 8.13. The minimum atomic E-state index is -3.41. The van der Waals surface area contributed by atoms with E-state index in [9.17, 15) is 8.42 Å². The van der Waals surface area contributed by atoms with Crippen LogP contribution in [0.25, 0.3) is 0 Å². The molecule has 0 saturated heterocycles. The average molecular weight is 284 g/mol. The van der Waals surface area contributed by atoms with Gasteiger partial charge < -0.3 is 5.32 Å². The lowest BCUT2D eigenvalue weighted by Gasteiger charge is -2.15. The van der Waals surface area contributed by atoms with Crippen molar-refractivity contribution in [2.75, 3.05) is 12.4 Å². The highest BCUT2D eigenvalue weighted by atomic mass is 32.2. The molecule has 0 aromatic heterocycles. The Labute approximate surface area is 116 Å². The lowest BCUT2D eigenvalue weighted by atomic mass is 10.1. The first-order valence-electron chi connectivity index (χ1n) is 6.65. The van der Waals surface area contributed by atoms with Gasteiger partial charge in [-0.3, -0.25) is 0 Å². The first-order chi connectivity index (χ1) is 8.85. The van der Waals surface area contributed by atoms with Gasteiger partial charge in [0.05, 0.1) is 4.90 Å². The van der Waals surface area contributed by atoms with E-state index in [-0.39, 0.29) is 6.04 Å². The fourth-order valence-electron chi connectivity index (χ4n) is 1.78. The summed E-state index contributed by atoms with van der Waals surface area (Å²) in [7, 11) is -1.61. The van der Waals surface area contributed by atoms with Crippen molar-refractivity contribution in [3.63, 3.8) is 0 Å². The van der Waals surface area contributed by atoms with Gasteiger partial charge in [-0.05, 0) is 49.9 Å². The van der Waals surface area contributed by atoms with Gasteiger partial charge in [-0.1, -0.05) is 13.8 Å². The van der Waals surface area contributed by atoms with E-state index in [4.69, 9.17) is 0 Å². The van der Waals surface area contributed by atoms with E-state index in [0.717, 1.165) is 18.5 Å². The molecule has 1 aromatic rings. The highest BCUT2D eigenvalue weighted by Gasteiger charge is 2.17. The molecule has 1 unspecified atom stereocenters. The van der Waals surface area contributed by atoms with Crippen LogP contribution in [0.2, 0.25) is 0 Å². The third kappa shape index (κ3) is 5.20. The van der Waals surface area contributed by atoms with E-state index >= 15 is 0 Å². The number of nitrogens with one attached hydrogen (secondary N) is 2. The van der Waals surface area contributed by atoms with Crippen molar-refractivity contribution < 1.29 is 8.42 Å². The zero-order valence-electron chi connectivity index (χ0n) is 12.1. The minimum absolute atomic E-state index is 0.0450. The summed E-state index contributed by atoms with van der Waals surface area (Å²) in [5, 5.41) is 2.96. The number of sulfonamides is 1. The third-order valence-electron chi connectivity index (χ3n) is 2.99. The molecule has 0 radical (unpaired) electrons. The van der Waals surface area contributed by atoms with Crippen LogP contribution in [0.1, 0.15) is 33.6 Å². The molecule has 0 bridgehead atoms. The second kappa shape index (κ2) is 6.91. The molecular weight excluding hydrogens is 260 g/mol. The van der Waals surface area contributed by atoms with Crippen molar-refractivity contribution in [1.29, 1.82) is 0 Å². The summed E-state index contributed by atoms with van der Waals surface area (Å²) in [6.45, 7) is 6.18. The van der Waals surface area contributed by atoms with Crippen molar-refractivity contribution in [2.24, 2.45) is 5.92 Å². The molecule has 0 aliphatic heterocycles. The zero-order valence-corrected chi connectivity index (χ0v) is 12.9. The van der Waals surface area contributed by atoms with E-state index in [0.29, 0.717) is 10.8 Å². The standard InChI is InChI=1S/C14H24N2O2S/c1-11(2)5-6-12(3)16-19(17,18)14-9-7-13(15-4)8-10-14/h7-12,15-16H,5-6H2,1-4H3. The van der Waals surface area contributed by atoms with Crippen LogP contribution in [0.4, 0.5) is 5.69 Å². The normalized spacial score (nSPS) is 13.5. The summed E-state index contributed by atoms with van der Waals surface area (Å²) in [6, 6.07) is 6.70. The molecule has 1 aromatic carbocycles. The summed E-state index contributed by atoms with van der Waals surface area (Å²) in [5.41, 5.74) is 0.895. The van der Waals surface area contributed by atoms with Gasteiger partial charge in [-0.15, -0.1) is 0 Å². The summed E-state index contributed by atoms with van der Waals surface area (Å²) in [5.74, 6) is 0.585. The van der Waals surface area contributed by atoms with Crippen LogP contribution in [-0.2, 0) is 10.0 Å². The summed E-state index contributed by atoms with van der Waals surface area (Å²) >= 11 is 0. The van der Waals surface area contributed by atoms with Crippen LogP contribution in [0.5, 0.6) is 0 Å². The van der Waals surface area contributed by atoms with Crippen LogP contribution in [0, 0.1) is 5.92 Å². The highest BCUT2D eigenvalue weighted by molar-refractivity contribution is 7.89. The lowest BCUT2D eigenvalue weighted by Crippen LogP contribution is -2.32. The van der Waals surface area contributed by atoms with Gasteiger partial charge in [-0.25, -0.2) is 13.1 Å². The maximum atomic E-state index is 12.2. The van der Waals surface area contributed by atoms with Crippen LogP contribution in [0.3, 0.4) is 0 Å². The van der Waals surface area contributed by atoms with Gasteiger partial charge in [0.15, 0.2) is 0 Å². The Morgan fingerprint density at radius 3 is 2.11 bits per heavy atom. The zero-order chi connectivity index (χ0) is 14.5. The van der Waals surface area contributed by atoms with Gasteiger partial charge in [-0.2, -0.15) is 0 Å². The summed E-state index contributed by atoms with van der Waals surface area (Å²) in [6.07, 6.45) is 1.87. The van der Waals surface area contributed by atoms with Crippen LogP contribution in [-0.4, -0.2) is 21.5 Å². The SMILES string of the molecule is CNc1ccc(S(=O)(=O)NC(C)CCC(C)C)cc1. The molecule has 0 aliphatic carbocycles. The monoisotopic (exact) mass is 284 g/mol. The van der Waals surface area contributed by atoms with Crippen molar-refractivity contribution in [3.8, 4) is 0 Å². The van der Waals surface area contributed by atoms with E-state index in [1.54, 1.807) is 31.3 Å². The topological polar surface area (TPSA) is 58.2 Å². The average Bonchev–Trinajstić information content (AvgIpc) is 2.36. The highest BCUT2D eigenvalue weighted by Crippen LogP contribution is 2.15. The Hall–Kier alpha value is -1.07. The molecule has 108 valence electrons. The Kier molecular flexibility index (Phi) is 5.82. The van der Waals surface area contributed by atoms with Gasteiger partial charge in [0.2, 0.25) is 10.0 Å². The number of rotatable bonds is 7. The fourth-order valence-corrected chi connectivity index (χ4v) is 3.05. The van der Waals surface area contributed by atoms with Crippen LogP contribution in [0.15, 0.2) is 29.2 Å².